The third kappa shape index (κ3) is 4.57. The third-order valence-corrected chi connectivity index (χ3v) is 4.65. The van der Waals surface area contributed by atoms with E-state index in [1.807, 2.05) is 25.1 Å². The summed E-state index contributed by atoms with van der Waals surface area (Å²) in [6, 6.07) is 9.40. The zero-order chi connectivity index (χ0) is 20.1. The molecule has 8 heteroatoms. The van der Waals surface area contributed by atoms with Gasteiger partial charge >= 0.3 is 6.03 Å². The summed E-state index contributed by atoms with van der Waals surface area (Å²) < 4.78 is 7.08. The molecule has 0 aliphatic heterocycles. The fourth-order valence-corrected chi connectivity index (χ4v) is 3.04. The number of aryl methyl sites for hydroxylation is 1. The molecule has 2 heterocycles. The van der Waals surface area contributed by atoms with Gasteiger partial charge in [0.2, 0.25) is 0 Å². The van der Waals surface area contributed by atoms with E-state index in [1.165, 1.54) is 0 Å². The van der Waals surface area contributed by atoms with Gasteiger partial charge in [-0.15, -0.1) is 10.2 Å². The summed E-state index contributed by atoms with van der Waals surface area (Å²) in [6.07, 6.45) is 2.34. The maximum atomic E-state index is 12.5. The second-order valence-electron chi connectivity index (χ2n) is 7.11. The molecule has 0 spiro atoms. The lowest BCUT2D eigenvalue weighted by Crippen LogP contribution is -2.45. The van der Waals surface area contributed by atoms with Crippen LogP contribution in [-0.2, 0) is 13.0 Å². The van der Waals surface area contributed by atoms with Crippen molar-refractivity contribution in [1.29, 1.82) is 0 Å². The van der Waals surface area contributed by atoms with E-state index in [9.17, 15) is 4.79 Å². The van der Waals surface area contributed by atoms with Crippen molar-refractivity contribution in [2.45, 2.75) is 39.8 Å². The van der Waals surface area contributed by atoms with Gasteiger partial charge in [0.1, 0.15) is 5.75 Å². The van der Waals surface area contributed by atoms with Crippen LogP contribution >= 0.6 is 0 Å². The summed E-state index contributed by atoms with van der Waals surface area (Å²) in [7, 11) is 1.66. The summed E-state index contributed by atoms with van der Waals surface area (Å²) in [5, 5.41) is 18.2. The Labute approximate surface area is 164 Å². The van der Waals surface area contributed by atoms with Gasteiger partial charge in [-0.3, -0.25) is 0 Å². The number of nitrogens with zero attached hydrogens (tertiary/aromatic N) is 4. The van der Waals surface area contributed by atoms with E-state index in [4.69, 9.17) is 4.74 Å². The lowest BCUT2D eigenvalue weighted by Gasteiger charge is -2.23. The Kier molecular flexibility index (Phi) is 6.08. The van der Waals surface area contributed by atoms with Crippen LogP contribution in [0.5, 0.6) is 5.75 Å². The first-order chi connectivity index (χ1) is 13.5. The van der Waals surface area contributed by atoms with Gasteiger partial charge in [-0.25, -0.2) is 4.79 Å². The molecule has 0 saturated heterocycles. The van der Waals surface area contributed by atoms with E-state index < -0.39 is 0 Å². The number of fused-ring (bicyclic) bond motifs is 1. The Morgan fingerprint density at radius 3 is 2.82 bits per heavy atom. The fraction of sp³-hybridized carbons (Fsp3) is 0.400. The molecule has 2 amide bonds. The number of carbonyl (C=O) groups is 1. The van der Waals surface area contributed by atoms with E-state index in [1.54, 1.807) is 23.9 Å². The van der Waals surface area contributed by atoms with Gasteiger partial charge in [0.05, 0.1) is 13.7 Å². The second kappa shape index (κ2) is 8.69. The third-order valence-electron chi connectivity index (χ3n) is 4.65. The number of urea groups is 1. The molecule has 1 unspecified atom stereocenters. The number of hydrogen-bond donors (Lipinski definition) is 2. The molecule has 2 aromatic heterocycles. The van der Waals surface area contributed by atoms with Crippen LogP contribution < -0.4 is 15.4 Å². The Balaban J connectivity index is 1.64. The highest BCUT2D eigenvalue weighted by Gasteiger charge is 2.19. The van der Waals surface area contributed by atoms with Crippen LogP contribution in [0.15, 0.2) is 36.5 Å². The van der Waals surface area contributed by atoms with Crippen LogP contribution in [0.4, 0.5) is 4.79 Å². The van der Waals surface area contributed by atoms with Gasteiger partial charge in [0.15, 0.2) is 11.5 Å². The molecule has 0 aliphatic carbocycles. The SMILES string of the molecule is COc1ccc(C)cc1CC(NC(=O)NCc1nnc2cccnn12)C(C)C. The monoisotopic (exact) mass is 382 g/mol. The summed E-state index contributed by atoms with van der Waals surface area (Å²) in [5.74, 6) is 1.67. The van der Waals surface area contributed by atoms with Crippen LogP contribution in [0.3, 0.4) is 0 Å². The number of nitrogens with one attached hydrogen (secondary N) is 2. The molecule has 1 aromatic carbocycles. The number of ether oxygens (including phenoxy) is 1. The summed E-state index contributed by atoms with van der Waals surface area (Å²) in [5.41, 5.74) is 2.88. The minimum atomic E-state index is -0.252. The molecule has 28 heavy (non-hydrogen) atoms. The van der Waals surface area contributed by atoms with Crippen molar-refractivity contribution < 1.29 is 9.53 Å². The maximum absolute atomic E-state index is 12.5. The topological polar surface area (TPSA) is 93.4 Å². The van der Waals surface area contributed by atoms with E-state index >= 15 is 0 Å². The Morgan fingerprint density at radius 2 is 2.07 bits per heavy atom. The first-order valence-corrected chi connectivity index (χ1v) is 9.31. The minimum absolute atomic E-state index is 0.0380. The Bertz CT molecular complexity index is 953. The predicted molar refractivity (Wildman–Crippen MR) is 106 cm³/mol. The van der Waals surface area contributed by atoms with Gasteiger partial charge in [-0.2, -0.15) is 9.61 Å². The molecule has 0 bridgehead atoms. The number of rotatable bonds is 7. The van der Waals surface area contributed by atoms with Crippen LogP contribution in [0.1, 0.15) is 30.8 Å². The van der Waals surface area contributed by atoms with Crippen molar-refractivity contribution in [2.75, 3.05) is 7.11 Å². The van der Waals surface area contributed by atoms with Crippen molar-refractivity contribution in [3.05, 3.63) is 53.5 Å². The molecule has 3 rings (SSSR count). The van der Waals surface area contributed by atoms with Crippen molar-refractivity contribution >= 4 is 11.7 Å². The standard InChI is InChI=1S/C20H26N6O2/c1-13(2)16(11-15-10-14(3)7-8-17(15)28-4)23-20(27)21-12-19-25-24-18-6-5-9-22-26(18)19/h5-10,13,16H,11-12H2,1-4H3,(H2,21,23,27). The lowest BCUT2D eigenvalue weighted by molar-refractivity contribution is 0.232. The predicted octanol–water partition coefficient (Wildman–Crippen LogP) is 2.51. The molecule has 0 aliphatic rings. The van der Waals surface area contributed by atoms with Crippen LogP contribution in [0.2, 0.25) is 0 Å². The zero-order valence-corrected chi connectivity index (χ0v) is 16.6. The molecular weight excluding hydrogens is 356 g/mol. The highest BCUT2D eigenvalue weighted by Crippen LogP contribution is 2.23. The fourth-order valence-electron chi connectivity index (χ4n) is 3.04. The van der Waals surface area contributed by atoms with Crippen molar-refractivity contribution in [3.8, 4) is 5.75 Å². The van der Waals surface area contributed by atoms with Crippen LogP contribution in [-0.4, -0.2) is 39.0 Å². The normalized spacial score (nSPS) is 12.2. The smallest absolute Gasteiger partial charge is 0.315 e. The van der Waals surface area contributed by atoms with E-state index in [0.717, 1.165) is 16.9 Å². The van der Waals surface area contributed by atoms with Crippen molar-refractivity contribution in [2.24, 2.45) is 5.92 Å². The van der Waals surface area contributed by atoms with Gasteiger partial charge in [-0.1, -0.05) is 31.5 Å². The van der Waals surface area contributed by atoms with Crippen LogP contribution in [0, 0.1) is 12.8 Å². The maximum Gasteiger partial charge on any atom is 0.315 e. The Hall–Kier alpha value is -3.16. The number of methoxy groups -OCH3 is 1. The summed E-state index contributed by atoms with van der Waals surface area (Å²) >= 11 is 0. The molecule has 8 nitrogen and oxygen atoms in total. The second-order valence-corrected chi connectivity index (χ2v) is 7.11. The van der Waals surface area contributed by atoms with Gasteiger partial charge < -0.3 is 15.4 Å². The highest BCUT2D eigenvalue weighted by atomic mass is 16.5. The minimum Gasteiger partial charge on any atom is -0.496 e. The molecule has 1 atom stereocenters. The molecule has 0 radical (unpaired) electrons. The average molecular weight is 382 g/mol. The quantitative estimate of drug-likeness (QED) is 0.655. The number of carbonyl (C=O) groups excluding carboxylic acids is 1. The highest BCUT2D eigenvalue weighted by molar-refractivity contribution is 5.74. The largest absolute Gasteiger partial charge is 0.496 e. The summed E-state index contributed by atoms with van der Waals surface area (Å²) in [6.45, 7) is 6.46. The molecule has 0 saturated carbocycles. The van der Waals surface area contributed by atoms with E-state index in [0.29, 0.717) is 17.9 Å². The summed E-state index contributed by atoms with van der Waals surface area (Å²) in [4.78, 5) is 12.5. The molecular formula is C20H26N6O2. The molecule has 0 fully saturated rings. The lowest BCUT2D eigenvalue weighted by atomic mass is 9.95. The van der Waals surface area contributed by atoms with E-state index in [2.05, 4.69) is 45.8 Å². The molecule has 3 aromatic rings. The first kappa shape index (κ1) is 19.6. The number of hydrogen-bond acceptors (Lipinski definition) is 5. The Morgan fingerprint density at radius 1 is 1.25 bits per heavy atom. The average Bonchev–Trinajstić information content (AvgIpc) is 3.09. The molecule has 148 valence electrons. The van der Waals surface area contributed by atoms with Crippen molar-refractivity contribution in [3.63, 3.8) is 0 Å². The number of amides is 2. The first-order valence-electron chi connectivity index (χ1n) is 9.31. The van der Waals surface area contributed by atoms with E-state index in [-0.39, 0.29) is 24.5 Å². The molecule has 2 N–H and O–H groups in total. The zero-order valence-electron chi connectivity index (χ0n) is 16.6. The number of aromatic nitrogens is 4. The van der Waals surface area contributed by atoms with Gasteiger partial charge in [0.25, 0.3) is 0 Å². The van der Waals surface area contributed by atoms with Gasteiger partial charge in [0, 0.05) is 12.2 Å². The van der Waals surface area contributed by atoms with Gasteiger partial charge in [-0.05, 0) is 43.0 Å². The van der Waals surface area contributed by atoms with Crippen molar-refractivity contribution in [1.82, 2.24) is 30.4 Å². The number of benzene rings is 1. The van der Waals surface area contributed by atoms with Crippen LogP contribution in [0.25, 0.3) is 5.65 Å².